The number of thioether (sulfide) groups is 1. The van der Waals surface area contributed by atoms with Gasteiger partial charge in [0.15, 0.2) is 4.34 Å². The molecule has 2 heterocycles. The van der Waals surface area contributed by atoms with Crippen LogP contribution in [0.2, 0.25) is 0 Å². The van der Waals surface area contributed by atoms with Crippen molar-refractivity contribution < 1.29 is 23.8 Å². The highest BCUT2D eigenvalue weighted by atomic mass is 32.2. The Labute approximate surface area is 261 Å². The van der Waals surface area contributed by atoms with Crippen LogP contribution < -0.4 is 9.64 Å². The van der Waals surface area contributed by atoms with Gasteiger partial charge in [-0.3, -0.25) is 14.5 Å². The Hall–Kier alpha value is -4.80. The summed E-state index contributed by atoms with van der Waals surface area (Å²) in [7, 11) is 0. The van der Waals surface area contributed by atoms with Crippen LogP contribution in [0.5, 0.6) is 5.75 Å². The van der Waals surface area contributed by atoms with Gasteiger partial charge in [0.25, 0.3) is 5.78 Å². The van der Waals surface area contributed by atoms with Gasteiger partial charge >= 0.3 is 5.91 Å². The molecule has 1 aliphatic heterocycles. The molecule has 1 aliphatic rings. The fourth-order valence-corrected chi connectivity index (χ4v) is 6.72. The van der Waals surface area contributed by atoms with Crippen molar-refractivity contribution in [2.24, 2.45) is 0 Å². The predicted octanol–water partition coefficient (Wildman–Crippen LogP) is 7.48. The third kappa shape index (κ3) is 6.27. The summed E-state index contributed by atoms with van der Waals surface area (Å²) < 4.78 is 20.4. The summed E-state index contributed by atoms with van der Waals surface area (Å²) in [5.41, 5.74) is 3.91. The Kier molecular flexibility index (Phi) is 8.53. The molecule has 5 aromatic rings. The number of aryl methyl sites for hydroxylation is 1. The number of aliphatic hydroxyl groups excluding tert-OH is 1. The van der Waals surface area contributed by atoms with Crippen LogP contribution in [0.1, 0.15) is 33.9 Å². The summed E-state index contributed by atoms with van der Waals surface area (Å²) in [5, 5.41) is 20.1. The number of nitrogens with zero attached hydrogens (tertiary/aromatic N) is 3. The summed E-state index contributed by atoms with van der Waals surface area (Å²) >= 11 is 2.63. The highest BCUT2D eigenvalue weighted by Gasteiger charge is 2.48. The van der Waals surface area contributed by atoms with E-state index in [1.807, 2.05) is 61.5 Å². The first kappa shape index (κ1) is 29.3. The number of rotatable bonds is 9. The van der Waals surface area contributed by atoms with E-state index in [2.05, 4.69) is 10.2 Å². The molecular formula is C34H26FN3O4S2. The molecule has 4 aromatic carbocycles. The van der Waals surface area contributed by atoms with Gasteiger partial charge in [0.05, 0.1) is 11.6 Å². The quantitative estimate of drug-likeness (QED) is 0.0598. The first-order valence-corrected chi connectivity index (χ1v) is 15.5. The average Bonchev–Trinajstić information content (AvgIpc) is 3.61. The first-order chi connectivity index (χ1) is 21.4. The molecule has 1 saturated heterocycles. The number of aromatic nitrogens is 2. The summed E-state index contributed by atoms with van der Waals surface area (Å²) in [6.45, 7) is 2.38. The highest BCUT2D eigenvalue weighted by molar-refractivity contribution is 8.00. The molecule has 220 valence electrons. The molecule has 7 nitrogen and oxygen atoms in total. The summed E-state index contributed by atoms with van der Waals surface area (Å²) in [4.78, 5) is 28.2. The molecule has 1 fully saturated rings. The summed E-state index contributed by atoms with van der Waals surface area (Å²) in [6.07, 6.45) is 0. The van der Waals surface area contributed by atoms with E-state index in [1.165, 1.54) is 52.3 Å². The van der Waals surface area contributed by atoms with E-state index in [4.69, 9.17) is 4.74 Å². The van der Waals surface area contributed by atoms with E-state index < -0.39 is 23.5 Å². The van der Waals surface area contributed by atoms with Crippen LogP contribution in [0, 0.1) is 12.7 Å². The van der Waals surface area contributed by atoms with Crippen LogP contribution in [-0.2, 0) is 21.9 Å². The Morgan fingerprint density at radius 3 is 2.39 bits per heavy atom. The molecule has 0 saturated carbocycles. The van der Waals surface area contributed by atoms with E-state index >= 15 is 0 Å². The maximum Gasteiger partial charge on any atom is 0.301 e. The van der Waals surface area contributed by atoms with Gasteiger partial charge in [0.2, 0.25) is 5.13 Å². The van der Waals surface area contributed by atoms with Gasteiger partial charge in [0, 0.05) is 11.3 Å². The van der Waals surface area contributed by atoms with Crippen LogP contribution in [0.4, 0.5) is 9.52 Å². The van der Waals surface area contributed by atoms with Crippen LogP contribution in [0.3, 0.4) is 0 Å². The van der Waals surface area contributed by atoms with E-state index in [1.54, 1.807) is 24.3 Å². The summed E-state index contributed by atoms with van der Waals surface area (Å²) in [6, 6.07) is 28.9. The molecule has 1 atom stereocenters. The number of carbonyl (C=O) groups excluding carboxylic acids is 2. The van der Waals surface area contributed by atoms with Crippen LogP contribution >= 0.6 is 23.1 Å². The lowest BCUT2D eigenvalue weighted by molar-refractivity contribution is -0.132. The van der Waals surface area contributed by atoms with Crippen LogP contribution in [0.15, 0.2) is 113 Å². The number of Topliss-reactive ketones (excluding diaryl/α,β-unsaturated/α-hetero) is 1. The van der Waals surface area contributed by atoms with E-state index in [0.29, 0.717) is 33.6 Å². The molecular weight excluding hydrogens is 598 g/mol. The maximum atomic E-state index is 13.9. The highest BCUT2D eigenvalue weighted by Crippen LogP contribution is 2.44. The molecule has 0 bridgehead atoms. The zero-order chi connectivity index (χ0) is 30.6. The lowest BCUT2D eigenvalue weighted by Gasteiger charge is -2.22. The third-order valence-electron chi connectivity index (χ3n) is 7.05. The minimum Gasteiger partial charge on any atom is -0.507 e. The van der Waals surface area contributed by atoms with Crippen LogP contribution in [0.25, 0.3) is 5.76 Å². The van der Waals surface area contributed by atoms with E-state index in [9.17, 15) is 19.1 Å². The van der Waals surface area contributed by atoms with Crippen molar-refractivity contribution in [2.75, 3.05) is 4.90 Å². The largest absolute Gasteiger partial charge is 0.507 e. The van der Waals surface area contributed by atoms with Gasteiger partial charge in [0.1, 0.15) is 23.9 Å². The Balaban J connectivity index is 1.30. The molecule has 10 heteroatoms. The monoisotopic (exact) mass is 623 g/mol. The SMILES string of the molecule is Cc1cccc(COc2ccc(C(O)=C3C(=O)C(=O)N(c4nnc(SCc5ccccc5)s4)C3c3ccc(F)cc3)cc2)c1. The molecule has 1 amide bonds. The smallest absolute Gasteiger partial charge is 0.301 e. The van der Waals surface area contributed by atoms with Crippen molar-refractivity contribution in [2.45, 2.75) is 29.7 Å². The number of anilines is 1. The fourth-order valence-electron chi connectivity index (χ4n) is 4.90. The molecule has 1 N–H and O–H groups in total. The molecule has 0 spiro atoms. The van der Waals surface area contributed by atoms with Crippen molar-refractivity contribution in [3.63, 3.8) is 0 Å². The number of halogens is 1. The van der Waals surface area contributed by atoms with Crippen molar-refractivity contribution in [1.29, 1.82) is 0 Å². The number of ketones is 1. The molecule has 1 aromatic heterocycles. The van der Waals surface area contributed by atoms with Crippen LogP contribution in [-0.4, -0.2) is 27.0 Å². The minimum absolute atomic E-state index is 0.122. The van der Waals surface area contributed by atoms with Gasteiger partial charge in [-0.2, -0.15) is 0 Å². The predicted molar refractivity (Wildman–Crippen MR) is 169 cm³/mol. The van der Waals surface area contributed by atoms with E-state index in [0.717, 1.165) is 16.7 Å². The van der Waals surface area contributed by atoms with Gasteiger partial charge in [-0.25, -0.2) is 4.39 Å². The Morgan fingerprint density at radius 2 is 1.66 bits per heavy atom. The fraction of sp³-hybridized carbons (Fsp3) is 0.118. The summed E-state index contributed by atoms with van der Waals surface area (Å²) in [5.74, 6) is -1.32. The normalized spacial score (nSPS) is 16.0. The topological polar surface area (TPSA) is 92.6 Å². The zero-order valence-corrected chi connectivity index (χ0v) is 25.1. The minimum atomic E-state index is -1.03. The molecule has 1 unspecified atom stereocenters. The number of carbonyl (C=O) groups is 2. The van der Waals surface area contributed by atoms with Gasteiger partial charge < -0.3 is 9.84 Å². The molecule has 44 heavy (non-hydrogen) atoms. The van der Waals surface area contributed by atoms with Crippen molar-refractivity contribution >= 4 is 45.7 Å². The number of amides is 1. The van der Waals surface area contributed by atoms with Crippen molar-refractivity contribution in [3.05, 3.63) is 142 Å². The number of hydrogen-bond donors (Lipinski definition) is 1. The lowest BCUT2D eigenvalue weighted by Crippen LogP contribution is -2.29. The Morgan fingerprint density at radius 1 is 0.932 bits per heavy atom. The van der Waals surface area contributed by atoms with Gasteiger partial charge in [-0.05, 0) is 60.0 Å². The first-order valence-electron chi connectivity index (χ1n) is 13.7. The average molecular weight is 624 g/mol. The third-order valence-corrected chi connectivity index (χ3v) is 9.18. The second-order valence-electron chi connectivity index (χ2n) is 10.1. The number of ether oxygens (including phenoxy) is 1. The number of aliphatic hydroxyl groups is 1. The molecule has 0 radical (unpaired) electrons. The van der Waals surface area contributed by atoms with Gasteiger partial charge in [-0.1, -0.05) is 95.4 Å². The molecule has 6 rings (SSSR count). The Bertz CT molecular complexity index is 1840. The second-order valence-corrected chi connectivity index (χ2v) is 12.3. The van der Waals surface area contributed by atoms with Gasteiger partial charge in [-0.15, -0.1) is 10.2 Å². The van der Waals surface area contributed by atoms with E-state index in [-0.39, 0.29) is 16.5 Å². The molecule has 0 aliphatic carbocycles. The van der Waals surface area contributed by atoms with Crippen molar-refractivity contribution in [3.8, 4) is 5.75 Å². The number of hydrogen-bond acceptors (Lipinski definition) is 8. The zero-order valence-electron chi connectivity index (χ0n) is 23.5. The number of benzene rings is 4. The lowest BCUT2D eigenvalue weighted by atomic mass is 9.95. The second kappa shape index (κ2) is 12.8. The maximum absolute atomic E-state index is 13.9. The van der Waals surface area contributed by atoms with Crippen molar-refractivity contribution in [1.82, 2.24) is 10.2 Å². The standard InChI is InChI=1S/C34H26FN3O4S2/c1-21-6-5-9-23(18-21)19-42-27-16-12-25(13-17-27)30(39)28-29(24-10-14-26(35)15-11-24)38(32(41)31(28)40)33-36-37-34(44-33)43-20-22-7-3-2-4-8-22/h2-18,29,39H,19-20H2,1H3.